The highest BCUT2D eigenvalue weighted by Gasteiger charge is 2.05. The van der Waals surface area contributed by atoms with Crippen LogP contribution in [0.1, 0.15) is 11.1 Å². The summed E-state index contributed by atoms with van der Waals surface area (Å²) in [5, 5.41) is 2.78. The monoisotopic (exact) mass is 255 g/mol. The number of ether oxygens (including phenoxy) is 1. The maximum Gasteiger partial charge on any atom is 0.262 e. The molecule has 0 aliphatic rings. The molecule has 0 saturated carbocycles. The highest BCUT2D eigenvalue weighted by Crippen LogP contribution is 2.19. The van der Waals surface area contributed by atoms with Crippen LogP contribution in [0.3, 0.4) is 0 Å². The van der Waals surface area contributed by atoms with E-state index < -0.39 is 0 Å². The molecule has 1 N–H and O–H groups in total. The molecular weight excluding hydrogens is 238 g/mol. The lowest BCUT2D eigenvalue weighted by Gasteiger charge is -2.10. The van der Waals surface area contributed by atoms with Crippen molar-refractivity contribution >= 4 is 11.6 Å². The van der Waals surface area contributed by atoms with Crippen molar-refractivity contribution in [3.63, 3.8) is 0 Å². The van der Waals surface area contributed by atoms with Crippen molar-refractivity contribution in [2.75, 3.05) is 11.9 Å². The van der Waals surface area contributed by atoms with E-state index in [9.17, 15) is 4.79 Å². The predicted molar refractivity (Wildman–Crippen MR) is 76.5 cm³/mol. The zero-order valence-corrected chi connectivity index (χ0v) is 11.1. The predicted octanol–water partition coefficient (Wildman–Crippen LogP) is 3.32. The van der Waals surface area contributed by atoms with Gasteiger partial charge >= 0.3 is 0 Å². The number of para-hydroxylation sites is 1. The molecular formula is C16H17NO2. The van der Waals surface area contributed by atoms with Crippen LogP contribution >= 0.6 is 0 Å². The van der Waals surface area contributed by atoms with Gasteiger partial charge in [-0.15, -0.1) is 0 Å². The molecule has 0 fully saturated rings. The van der Waals surface area contributed by atoms with Crippen LogP contribution < -0.4 is 10.1 Å². The molecule has 3 nitrogen and oxygen atoms in total. The van der Waals surface area contributed by atoms with E-state index in [2.05, 4.69) is 5.32 Å². The fourth-order valence-corrected chi connectivity index (χ4v) is 1.72. The Morgan fingerprint density at radius 1 is 1.11 bits per heavy atom. The van der Waals surface area contributed by atoms with E-state index in [1.165, 1.54) is 0 Å². The van der Waals surface area contributed by atoms with Gasteiger partial charge in [0.15, 0.2) is 6.61 Å². The number of benzene rings is 2. The van der Waals surface area contributed by atoms with Gasteiger partial charge in [-0.25, -0.2) is 0 Å². The number of anilines is 1. The van der Waals surface area contributed by atoms with E-state index in [-0.39, 0.29) is 12.5 Å². The molecule has 0 heterocycles. The van der Waals surface area contributed by atoms with Gasteiger partial charge in [0.25, 0.3) is 5.91 Å². The lowest BCUT2D eigenvalue weighted by Crippen LogP contribution is -2.20. The quantitative estimate of drug-likeness (QED) is 0.910. The Morgan fingerprint density at radius 2 is 1.84 bits per heavy atom. The second kappa shape index (κ2) is 6.05. The number of carbonyl (C=O) groups is 1. The maximum absolute atomic E-state index is 11.7. The van der Waals surface area contributed by atoms with Crippen molar-refractivity contribution < 1.29 is 9.53 Å². The second-order valence-electron chi connectivity index (χ2n) is 4.47. The van der Waals surface area contributed by atoms with Gasteiger partial charge in [-0.3, -0.25) is 4.79 Å². The minimum absolute atomic E-state index is 0.0131. The zero-order valence-electron chi connectivity index (χ0n) is 11.1. The molecule has 0 aromatic heterocycles. The summed E-state index contributed by atoms with van der Waals surface area (Å²) in [6, 6.07) is 15.3. The zero-order chi connectivity index (χ0) is 13.7. The summed E-state index contributed by atoms with van der Waals surface area (Å²) in [5.41, 5.74) is 2.92. The molecule has 2 aromatic rings. The van der Waals surface area contributed by atoms with Crippen molar-refractivity contribution in [2.45, 2.75) is 13.8 Å². The molecule has 0 unspecified atom stereocenters. The number of aryl methyl sites for hydroxylation is 2. The molecule has 98 valence electrons. The Labute approximate surface area is 113 Å². The van der Waals surface area contributed by atoms with Crippen LogP contribution in [-0.2, 0) is 4.79 Å². The molecule has 2 aromatic carbocycles. The normalized spacial score (nSPS) is 10.0. The third-order valence-corrected chi connectivity index (χ3v) is 2.76. The molecule has 0 bridgehead atoms. The van der Waals surface area contributed by atoms with E-state index >= 15 is 0 Å². The van der Waals surface area contributed by atoms with Gasteiger partial charge in [0, 0.05) is 5.69 Å². The van der Waals surface area contributed by atoms with Crippen molar-refractivity contribution in [3.05, 3.63) is 59.7 Å². The maximum atomic E-state index is 11.7. The Morgan fingerprint density at radius 3 is 2.58 bits per heavy atom. The third-order valence-electron chi connectivity index (χ3n) is 2.76. The summed E-state index contributed by atoms with van der Waals surface area (Å²) in [4.78, 5) is 11.7. The fourth-order valence-electron chi connectivity index (χ4n) is 1.72. The van der Waals surface area contributed by atoms with Crippen molar-refractivity contribution in [2.24, 2.45) is 0 Å². The number of hydrogen-bond acceptors (Lipinski definition) is 2. The largest absolute Gasteiger partial charge is 0.483 e. The van der Waals surface area contributed by atoms with E-state index in [0.717, 1.165) is 22.6 Å². The lowest BCUT2D eigenvalue weighted by atomic mass is 10.1. The number of amides is 1. The minimum Gasteiger partial charge on any atom is -0.483 e. The van der Waals surface area contributed by atoms with Crippen LogP contribution in [0.2, 0.25) is 0 Å². The van der Waals surface area contributed by atoms with Gasteiger partial charge in [0.1, 0.15) is 5.75 Å². The number of rotatable bonds is 4. The van der Waals surface area contributed by atoms with Gasteiger partial charge in [0.05, 0.1) is 0 Å². The number of hydrogen-bond donors (Lipinski definition) is 1. The van der Waals surface area contributed by atoms with Crippen molar-refractivity contribution in [1.29, 1.82) is 0 Å². The molecule has 0 aliphatic carbocycles. The van der Waals surface area contributed by atoms with Gasteiger partial charge in [0.2, 0.25) is 0 Å². The first kappa shape index (κ1) is 13.1. The highest BCUT2D eigenvalue weighted by molar-refractivity contribution is 5.91. The summed E-state index contributed by atoms with van der Waals surface area (Å²) < 4.78 is 5.54. The first-order chi connectivity index (χ1) is 9.15. The Bertz CT molecular complexity index is 564. The summed E-state index contributed by atoms with van der Waals surface area (Å²) in [6.45, 7) is 3.97. The summed E-state index contributed by atoms with van der Waals surface area (Å²) >= 11 is 0. The van der Waals surface area contributed by atoms with Crippen LogP contribution in [0, 0.1) is 13.8 Å². The molecule has 2 rings (SSSR count). The standard InChI is InChI=1S/C16H17NO2/c1-12-8-9-13(2)15(10-12)19-11-16(18)17-14-6-4-3-5-7-14/h3-10H,11H2,1-2H3,(H,17,18). The number of carbonyl (C=O) groups excluding carboxylic acids is 1. The smallest absolute Gasteiger partial charge is 0.262 e. The van der Waals surface area contributed by atoms with Crippen LogP contribution in [0.25, 0.3) is 0 Å². The van der Waals surface area contributed by atoms with Gasteiger partial charge in [-0.2, -0.15) is 0 Å². The molecule has 0 aliphatic heterocycles. The first-order valence-electron chi connectivity index (χ1n) is 6.20. The fraction of sp³-hybridized carbons (Fsp3) is 0.188. The van der Waals surface area contributed by atoms with Crippen LogP contribution in [0.5, 0.6) is 5.75 Å². The lowest BCUT2D eigenvalue weighted by molar-refractivity contribution is -0.118. The summed E-state index contributed by atoms with van der Waals surface area (Å²) in [7, 11) is 0. The first-order valence-corrected chi connectivity index (χ1v) is 6.20. The topological polar surface area (TPSA) is 38.3 Å². The van der Waals surface area contributed by atoms with Crippen LogP contribution in [0.15, 0.2) is 48.5 Å². The van der Waals surface area contributed by atoms with E-state index in [0.29, 0.717) is 0 Å². The SMILES string of the molecule is Cc1ccc(C)c(OCC(=O)Nc2ccccc2)c1. The minimum atomic E-state index is -0.160. The van der Waals surface area contributed by atoms with Gasteiger partial charge in [-0.1, -0.05) is 30.3 Å². The summed E-state index contributed by atoms with van der Waals surface area (Å²) in [6.07, 6.45) is 0. The molecule has 0 saturated heterocycles. The van der Waals surface area contributed by atoms with Crippen LogP contribution in [0.4, 0.5) is 5.69 Å². The number of nitrogens with one attached hydrogen (secondary N) is 1. The van der Waals surface area contributed by atoms with E-state index in [1.807, 2.05) is 62.4 Å². The Kier molecular flexibility index (Phi) is 4.18. The third kappa shape index (κ3) is 3.85. The van der Waals surface area contributed by atoms with Crippen molar-refractivity contribution in [1.82, 2.24) is 0 Å². The molecule has 1 amide bonds. The van der Waals surface area contributed by atoms with Gasteiger partial charge < -0.3 is 10.1 Å². The molecule has 0 radical (unpaired) electrons. The molecule has 19 heavy (non-hydrogen) atoms. The second-order valence-corrected chi connectivity index (χ2v) is 4.47. The van der Waals surface area contributed by atoms with Crippen LogP contribution in [-0.4, -0.2) is 12.5 Å². The van der Waals surface area contributed by atoms with E-state index in [1.54, 1.807) is 0 Å². The molecule has 0 spiro atoms. The average Bonchev–Trinajstić information content (AvgIpc) is 2.41. The Balaban J connectivity index is 1.92. The Hall–Kier alpha value is -2.29. The average molecular weight is 255 g/mol. The summed E-state index contributed by atoms with van der Waals surface area (Å²) in [5.74, 6) is 0.593. The highest BCUT2D eigenvalue weighted by atomic mass is 16.5. The molecule has 3 heteroatoms. The molecule has 0 atom stereocenters. The van der Waals surface area contributed by atoms with Crippen molar-refractivity contribution in [3.8, 4) is 5.75 Å². The van der Waals surface area contributed by atoms with Gasteiger partial charge in [-0.05, 0) is 43.2 Å². The van der Waals surface area contributed by atoms with E-state index in [4.69, 9.17) is 4.74 Å².